The van der Waals surface area contributed by atoms with Gasteiger partial charge in [0.1, 0.15) is 6.17 Å². The maximum Gasteiger partial charge on any atom is 0.128 e. The molecule has 0 amide bonds. The zero-order chi connectivity index (χ0) is 7.56. The molecule has 1 heterocycles. The minimum Gasteiger partial charge on any atom is -0.314 e. The Hall–Kier alpha value is -0.150. The molecule has 60 valence electrons. The molecule has 10 heavy (non-hydrogen) atoms. The molecule has 3 heteroatoms. The number of hydrogen-bond donors (Lipinski definition) is 1. The Morgan fingerprint density at radius 3 is 2.60 bits per heavy atom. The van der Waals surface area contributed by atoms with Crippen LogP contribution in [0.1, 0.15) is 6.42 Å². The van der Waals surface area contributed by atoms with Gasteiger partial charge in [0.05, 0.1) is 0 Å². The third kappa shape index (κ3) is 1.67. The van der Waals surface area contributed by atoms with E-state index in [1.165, 1.54) is 0 Å². The first-order valence-corrected chi connectivity index (χ1v) is 3.73. The third-order valence-corrected chi connectivity index (χ3v) is 2.04. The molecule has 0 aromatic rings. The summed E-state index contributed by atoms with van der Waals surface area (Å²) in [5.74, 6) is 0. The van der Waals surface area contributed by atoms with Crippen LogP contribution in [0.4, 0.5) is 4.39 Å². The van der Waals surface area contributed by atoms with E-state index in [2.05, 4.69) is 5.32 Å². The van der Waals surface area contributed by atoms with Crippen molar-refractivity contribution in [1.29, 1.82) is 0 Å². The normalized spacial score (nSPS) is 34.8. The Morgan fingerprint density at radius 2 is 2.20 bits per heavy atom. The van der Waals surface area contributed by atoms with Crippen LogP contribution in [0.25, 0.3) is 0 Å². The Kier molecular flexibility index (Phi) is 2.63. The Morgan fingerprint density at radius 1 is 1.50 bits per heavy atom. The zero-order valence-corrected chi connectivity index (χ0v) is 6.60. The van der Waals surface area contributed by atoms with Gasteiger partial charge in [-0.05, 0) is 27.1 Å². The van der Waals surface area contributed by atoms with Crippen LogP contribution >= 0.6 is 0 Å². The summed E-state index contributed by atoms with van der Waals surface area (Å²) in [6.07, 6.45) is 0.234. The van der Waals surface area contributed by atoms with Crippen molar-refractivity contribution in [3.8, 4) is 0 Å². The molecule has 1 aliphatic rings. The van der Waals surface area contributed by atoms with Gasteiger partial charge in [-0.15, -0.1) is 0 Å². The van der Waals surface area contributed by atoms with Gasteiger partial charge in [-0.25, -0.2) is 4.39 Å². The SMILES string of the molecule is CN(C)C1CCNC[C@H]1F. The van der Waals surface area contributed by atoms with Gasteiger partial charge in [0, 0.05) is 12.6 Å². The molecule has 0 aliphatic carbocycles. The molecule has 1 saturated heterocycles. The summed E-state index contributed by atoms with van der Waals surface area (Å²) in [6, 6.07) is 0.126. The van der Waals surface area contributed by atoms with Crippen molar-refractivity contribution in [2.45, 2.75) is 18.6 Å². The molecule has 1 aliphatic heterocycles. The van der Waals surface area contributed by atoms with Crippen molar-refractivity contribution in [2.24, 2.45) is 0 Å². The van der Waals surface area contributed by atoms with E-state index >= 15 is 0 Å². The molecule has 2 atom stereocenters. The van der Waals surface area contributed by atoms with Gasteiger partial charge < -0.3 is 10.2 Å². The minimum atomic E-state index is -0.691. The molecular formula is C7H15FN2. The zero-order valence-electron chi connectivity index (χ0n) is 6.60. The molecule has 2 nitrogen and oxygen atoms in total. The van der Waals surface area contributed by atoms with Crippen molar-refractivity contribution in [3.63, 3.8) is 0 Å². The number of hydrogen-bond acceptors (Lipinski definition) is 2. The first-order valence-electron chi connectivity index (χ1n) is 3.73. The van der Waals surface area contributed by atoms with Gasteiger partial charge in [-0.1, -0.05) is 0 Å². The van der Waals surface area contributed by atoms with Crippen LogP contribution in [0.5, 0.6) is 0 Å². The lowest BCUT2D eigenvalue weighted by atomic mass is 10.0. The predicted octanol–water partition coefficient (Wildman–Crippen LogP) is 0.248. The summed E-state index contributed by atoms with van der Waals surface area (Å²) in [5, 5.41) is 3.02. The summed E-state index contributed by atoms with van der Waals surface area (Å²) in [6.45, 7) is 1.46. The van der Waals surface area contributed by atoms with Crippen molar-refractivity contribution in [3.05, 3.63) is 0 Å². The first-order chi connectivity index (χ1) is 4.72. The topological polar surface area (TPSA) is 15.3 Å². The lowest BCUT2D eigenvalue weighted by Crippen LogP contribution is -2.48. The van der Waals surface area contributed by atoms with Crippen LogP contribution in [0.15, 0.2) is 0 Å². The highest BCUT2D eigenvalue weighted by Gasteiger charge is 2.25. The predicted molar refractivity (Wildman–Crippen MR) is 39.9 cm³/mol. The molecule has 0 spiro atoms. The van der Waals surface area contributed by atoms with Crippen LogP contribution in [0.3, 0.4) is 0 Å². The number of halogens is 1. The van der Waals surface area contributed by atoms with E-state index in [9.17, 15) is 4.39 Å². The second-order valence-electron chi connectivity index (χ2n) is 3.04. The fourth-order valence-corrected chi connectivity index (χ4v) is 1.39. The quantitative estimate of drug-likeness (QED) is 0.570. The van der Waals surface area contributed by atoms with E-state index in [1.54, 1.807) is 0 Å². The Bertz CT molecular complexity index is 106. The molecular weight excluding hydrogens is 131 g/mol. The van der Waals surface area contributed by atoms with Crippen LogP contribution in [-0.4, -0.2) is 44.3 Å². The van der Waals surface area contributed by atoms with Gasteiger partial charge in [0.2, 0.25) is 0 Å². The van der Waals surface area contributed by atoms with E-state index in [1.807, 2.05) is 19.0 Å². The molecule has 0 aromatic carbocycles. The number of piperidine rings is 1. The highest BCUT2D eigenvalue weighted by molar-refractivity contribution is 4.82. The lowest BCUT2D eigenvalue weighted by Gasteiger charge is -2.31. The van der Waals surface area contributed by atoms with Gasteiger partial charge in [0.15, 0.2) is 0 Å². The third-order valence-electron chi connectivity index (χ3n) is 2.04. The summed E-state index contributed by atoms with van der Waals surface area (Å²) < 4.78 is 13.0. The molecule has 0 radical (unpaired) electrons. The summed E-state index contributed by atoms with van der Waals surface area (Å²) in [4.78, 5) is 1.96. The number of alkyl halides is 1. The highest BCUT2D eigenvalue weighted by atomic mass is 19.1. The smallest absolute Gasteiger partial charge is 0.128 e. The van der Waals surface area contributed by atoms with E-state index in [0.717, 1.165) is 13.0 Å². The maximum atomic E-state index is 13.0. The minimum absolute atomic E-state index is 0.126. The van der Waals surface area contributed by atoms with E-state index in [4.69, 9.17) is 0 Å². The number of nitrogens with one attached hydrogen (secondary N) is 1. The maximum absolute atomic E-state index is 13.0. The number of nitrogens with zero attached hydrogens (tertiary/aromatic N) is 1. The lowest BCUT2D eigenvalue weighted by molar-refractivity contribution is 0.125. The van der Waals surface area contributed by atoms with Crippen molar-refractivity contribution in [1.82, 2.24) is 10.2 Å². The molecule has 1 unspecified atom stereocenters. The molecule has 1 fully saturated rings. The Balaban J connectivity index is 2.40. The number of rotatable bonds is 1. The molecule has 0 bridgehead atoms. The fourth-order valence-electron chi connectivity index (χ4n) is 1.39. The fraction of sp³-hybridized carbons (Fsp3) is 1.00. The molecule has 1 N–H and O–H groups in total. The van der Waals surface area contributed by atoms with E-state index in [-0.39, 0.29) is 6.04 Å². The van der Waals surface area contributed by atoms with Gasteiger partial charge in [-0.3, -0.25) is 0 Å². The average Bonchev–Trinajstić information content (AvgIpc) is 1.88. The van der Waals surface area contributed by atoms with Crippen LogP contribution in [-0.2, 0) is 0 Å². The summed E-state index contributed by atoms with van der Waals surface area (Å²) >= 11 is 0. The first kappa shape index (κ1) is 7.95. The van der Waals surface area contributed by atoms with E-state index in [0.29, 0.717) is 6.54 Å². The van der Waals surface area contributed by atoms with Crippen molar-refractivity contribution >= 4 is 0 Å². The van der Waals surface area contributed by atoms with Crippen LogP contribution in [0.2, 0.25) is 0 Å². The van der Waals surface area contributed by atoms with Crippen LogP contribution < -0.4 is 5.32 Å². The monoisotopic (exact) mass is 146 g/mol. The average molecular weight is 146 g/mol. The standard InChI is InChI=1S/C7H15FN2/c1-10(2)7-3-4-9-5-6(7)8/h6-7,9H,3-5H2,1-2H3/t6-,7?/m1/s1. The van der Waals surface area contributed by atoms with Crippen LogP contribution in [0, 0.1) is 0 Å². The van der Waals surface area contributed by atoms with Crippen molar-refractivity contribution < 1.29 is 4.39 Å². The summed E-state index contributed by atoms with van der Waals surface area (Å²) in [7, 11) is 3.87. The Labute approximate surface area is 61.4 Å². The molecule has 0 aromatic heterocycles. The molecule has 1 rings (SSSR count). The molecule has 0 saturated carbocycles. The second-order valence-corrected chi connectivity index (χ2v) is 3.04. The largest absolute Gasteiger partial charge is 0.314 e. The van der Waals surface area contributed by atoms with Gasteiger partial charge in [-0.2, -0.15) is 0 Å². The van der Waals surface area contributed by atoms with E-state index < -0.39 is 6.17 Å². The van der Waals surface area contributed by atoms with Crippen molar-refractivity contribution in [2.75, 3.05) is 27.2 Å². The summed E-state index contributed by atoms with van der Waals surface area (Å²) in [5.41, 5.74) is 0. The van der Waals surface area contributed by atoms with Gasteiger partial charge >= 0.3 is 0 Å². The highest BCUT2D eigenvalue weighted by Crippen LogP contribution is 2.11. The van der Waals surface area contributed by atoms with Gasteiger partial charge in [0.25, 0.3) is 0 Å². The second kappa shape index (κ2) is 3.30.